The van der Waals surface area contributed by atoms with Crippen molar-refractivity contribution in [3.63, 3.8) is 0 Å². The maximum absolute atomic E-state index is 13.8. The fraction of sp³-hybridized carbons (Fsp3) is 0.227. The number of alkyl halides is 3. The Labute approximate surface area is 190 Å². The monoisotopic (exact) mass is 483 g/mol. The summed E-state index contributed by atoms with van der Waals surface area (Å²) >= 11 is 5.88. The first-order valence-electron chi connectivity index (χ1n) is 9.53. The summed E-state index contributed by atoms with van der Waals surface area (Å²) in [7, 11) is 0. The molecule has 1 amide bonds. The molecule has 0 fully saturated rings. The molecule has 0 aliphatic rings. The molecule has 0 radical (unpaired) electrons. The molecule has 3 aromatic rings. The molecule has 2 N–H and O–H groups in total. The molecule has 1 atom stereocenters. The average Bonchev–Trinajstić information content (AvgIpc) is 2.71. The van der Waals surface area contributed by atoms with Crippen LogP contribution in [0.4, 0.5) is 17.6 Å². The second-order valence-electron chi connectivity index (χ2n) is 7.75. The zero-order valence-electron chi connectivity index (χ0n) is 17.3. The Morgan fingerprint density at radius 3 is 2.30 bits per heavy atom. The molecule has 1 unspecified atom stereocenters. The summed E-state index contributed by atoms with van der Waals surface area (Å²) in [5, 5.41) is 16.1. The summed E-state index contributed by atoms with van der Waals surface area (Å²) in [4.78, 5) is 25.8. The molecule has 2 aromatic carbocycles. The zero-order valence-corrected chi connectivity index (χ0v) is 18.1. The molecular formula is C22H18ClF4N3O3. The highest BCUT2D eigenvalue weighted by Gasteiger charge is 2.49. The van der Waals surface area contributed by atoms with E-state index in [1.165, 1.54) is 36.4 Å². The van der Waals surface area contributed by atoms with Gasteiger partial charge in [-0.15, -0.1) is 0 Å². The van der Waals surface area contributed by atoms with Gasteiger partial charge in [-0.2, -0.15) is 23.0 Å². The van der Waals surface area contributed by atoms with E-state index in [1.807, 2.05) is 0 Å². The highest BCUT2D eigenvalue weighted by atomic mass is 35.5. The van der Waals surface area contributed by atoms with Crippen LogP contribution >= 0.6 is 11.6 Å². The predicted molar refractivity (Wildman–Crippen MR) is 114 cm³/mol. The van der Waals surface area contributed by atoms with Gasteiger partial charge in [-0.1, -0.05) is 29.8 Å². The van der Waals surface area contributed by atoms with Crippen LogP contribution in [0.3, 0.4) is 0 Å². The van der Waals surface area contributed by atoms with Gasteiger partial charge in [0.25, 0.3) is 11.5 Å². The first-order chi connectivity index (χ1) is 15.3. The number of hydrogen-bond donors (Lipinski definition) is 2. The number of benzene rings is 2. The van der Waals surface area contributed by atoms with Gasteiger partial charge in [-0.3, -0.25) is 9.59 Å². The molecule has 1 aromatic heterocycles. The lowest BCUT2D eigenvalue weighted by molar-refractivity contribution is -0.192. The van der Waals surface area contributed by atoms with E-state index in [0.717, 1.165) is 32.0 Å². The molecule has 0 aliphatic heterocycles. The Morgan fingerprint density at radius 2 is 1.76 bits per heavy atom. The third-order valence-electron chi connectivity index (χ3n) is 4.66. The number of aliphatic hydroxyl groups is 1. The zero-order chi connectivity index (χ0) is 24.6. The summed E-state index contributed by atoms with van der Waals surface area (Å²) in [6.45, 7) is 1.75. The van der Waals surface area contributed by atoms with Gasteiger partial charge in [0.2, 0.25) is 0 Å². The van der Waals surface area contributed by atoms with E-state index in [1.54, 1.807) is 5.32 Å². The second kappa shape index (κ2) is 8.95. The number of amides is 1. The number of carbonyl (C=O) groups excluding carboxylic acids is 1. The molecule has 6 nitrogen and oxygen atoms in total. The molecule has 0 bridgehead atoms. The minimum atomic E-state index is -5.00. The molecule has 33 heavy (non-hydrogen) atoms. The fourth-order valence-corrected chi connectivity index (χ4v) is 3.20. The number of nitrogens with one attached hydrogen (secondary N) is 1. The minimum absolute atomic E-state index is 0.0419. The van der Waals surface area contributed by atoms with Gasteiger partial charge in [0.15, 0.2) is 6.04 Å². The van der Waals surface area contributed by atoms with Crippen LogP contribution in [0.15, 0.2) is 59.4 Å². The van der Waals surface area contributed by atoms with Crippen molar-refractivity contribution in [3.8, 4) is 16.9 Å². The van der Waals surface area contributed by atoms with Crippen molar-refractivity contribution in [2.75, 3.05) is 0 Å². The molecule has 11 heteroatoms. The maximum Gasteiger partial charge on any atom is 0.411 e. The van der Waals surface area contributed by atoms with Crippen LogP contribution in [0.2, 0.25) is 5.02 Å². The quantitative estimate of drug-likeness (QED) is 0.535. The molecule has 0 spiro atoms. The van der Waals surface area contributed by atoms with Crippen molar-refractivity contribution in [1.29, 1.82) is 0 Å². The lowest BCUT2D eigenvalue weighted by Gasteiger charge is -2.31. The Balaban J connectivity index is 2.18. The number of hydrogen-bond acceptors (Lipinski definition) is 4. The van der Waals surface area contributed by atoms with Crippen molar-refractivity contribution in [1.82, 2.24) is 15.1 Å². The van der Waals surface area contributed by atoms with Gasteiger partial charge in [0, 0.05) is 10.6 Å². The number of halogens is 5. The Kier molecular flexibility index (Phi) is 6.62. The van der Waals surface area contributed by atoms with Crippen molar-refractivity contribution >= 4 is 17.5 Å². The number of nitrogens with zero attached hydrogens (tertiary/aromatic N) is 2. The van der Waals surface area contributed by atoms with Crippen LogP contribution in [-0.4, -0.2) is 38.6 Å². The van der Waals surface area contributed by atoms with Crippen LogP contribution in [0.25, 0.3) is 16.9 Å². The van der Waals surface area contributed by atoms with E-state index in [-0.39, 0.29) is 11.4 Å². The lowest BCUT2D eigenvalue weighted by Crippen LogP contribution is -2.58. The molecular weight excluding hydrogens is 466 g/mol. The summed E-state index contributed by atoms with van der Waals surface area (Å²) in [5.74, 6) is -2.07. The summed E-state index contributed by atoms with van der Waals surface area (Å²) < 4.78 is 54.8. The Bertz CT molecular complexity index is 1220. The summed E-state index contributed by atoms with van der Waals surface area (Å²) in [6.07, 6.45) is -5.00. The fourth-order valence-electron chi connectivity index (χ4n) is 3.07. The average molecular weight is 484 g/mol. The van der Waals surface area contributed by atoms with Crippen LogP contribution in [0.5, 0.6) is 0 Å². The van der Waals surface area contributed by atoms with E-state index in [9.17, 15) is 32.3 Å². The molecule has 0 saturated carbocycles. The highest BCUT2D eigenvalue weighted by Crippen LogP contribution is 2.28. The van der Waals surface area contributed by atoms with Gasteiger partial charge in [-0.05, 0) is 50.2 Å². The number of rotatable bonds is 5. The van der Waals surface area contributed by atoms with E-state index in [4.69, 9.17) is 11.6 Å². The van der Waals surface area contributed by atoms with Crippen LogP contribution in [-0.2, 0) is 0 Å². The van der Waals surface area contributed by atoms with E-state index in [2.05, 4.69) is 5.10 Å². The van der Waals surface area contributed by atoms with E-state index >= 15 is 0 Å². The van der Waals surface area contributed by atoms with Gasteiger partial charge in [0.05, 0.1) is 17.0 Å². The maximum atomic E-state index is 13.8. The molecule has 1 heterocycles. The molecule has 0 aliphatic carbocycles. The minimum Gasteiger partial charge on any atom is -0.388 e. The molecule has 174 valence electrons. The van der Waals surface area contributed by atoms with Crippen LogP contribution < -0.4 is 10.9 Å². The van der Waals surface area contributed by atoms with Gasteiger partial charge in [-0.25, -0.2) is 4.39 Å². The normalized spacial score (nSPS) is 13.0. The topological polar surface area (TPSA) is 84.2 Å². The molecule has 0 saturated heterocycles. The summed E-state index contributed by atoms with van der Waals surface area (Å²) in [5.41, 5.74) is -3.73. The second-order valence-corrected chi connectivity index (χ2v) is 8.19. The number of carbonyl (C=O) groups is 1. The first-order valence-corrected chi connectivity index (χ1v) is 9.91. The van der Waals surface area contributed by atoms with E-state index in [0.29, 0.717) is 15.3 Å². The van der Waals surface area contributed by atoms with Gasteiger partial charge >= 0.3 is 6.18 Å². The van der Waals surface area contributed by atoms with E-state index < -0.39 is 40.7 Å². The van der Waals surface area contributed by atoms with Crippen molar-refractivity contribution in [2.45, 2.75) is 31.7 Å². The SMILES string of the molecule is CC(C)(O)C(NC(=O)c1cc(-c2ccc(Cl)cc2)nn(-c2cccc(F)c2)c1=O)C(F)(F)F. The number of aromatic nitrogens is 2. The van der Waals surface area contributed by atoms with Crippen molar-refractivity contribution in [3.05, 3.63) is 81.4 Å². The Hall–Kier alpha value is -3.24. The Morgan fingerprint density at radius 1 is 1.12 bits per heavy atom. The lowest BCUT2D eigenvalue weighted by atomic mass is 9.98. The molecule has 3 rings (SSSR count). The van der Waals surface area contributed by atoms with Crippen molar-refractivity contribution < 1.29 is 27.5 Å². The summed E-state index contributed by atoms with van der Waals surface area (Å²) in [6, 6.07) is 9.22. The third kappa shape index (κ3) is 5.58. The standard InChI is InChI=1S/C22H18ClF4N3O3/c1-21(2,33)20(22(25,26)27)28-18(31)16-11-17(12-6-8-13(23)9-7-12)29-30(19(16)32)15-5-3-4-14(24)10-15/h3-11,20,33H,1-2H3,(H,28,31). The first kappa shape index (κ1) is 24.4. The highest BCUT2D eigenvalue weighted by molar-refractivity contribution is 6.30. The van der Waals surface area contributed by atoms with Gasteiger partial charge < -0.3 is 10.4 Å². The third-order valence-corrected chi connectivity index (χ3v) is 4.91. The largest absolute Gasteiger partial charge is 0.411 e. The predicted octanol–water partition coefficient (Wildman–Crippen LogP) is 4.12. The van der Waals surface area contributed by atoms with Crippen molar-refractivity contribution in [2.24, 2.45) is 0 Å². The smallest absolute Gasteiger partial charge is 0.388 e. The van der Waals surface area contributed by atoms with Crippen LogP contribution in [0, 0.1) is 5.82 Å². The van der Waals surface area contributed by atoms with Crippen LogP contribution in [0.1, 0.15) is 24.2 Å². The van der Waals surface area contributed by atoms with Gasteiger partial charge in [0.1, 0.15) is 11.4 Å².